The summed E-state index contributed by atoms with van der Waals surface area (Å²) in [5.74, 6) is 0. The lowest BCUT2D eigenvalue weighted by molar-refractivity contribution is 0.581. The van der Waals surface area contributed by atoms with Crippen LogP contribution < -0.4 is 4.72 Å². The van der Waals surface area contributed by atoms with Crippen LogP contribution in [-0.4, -0.2) is 20.3 Å². The monoisotopic (exact) mass is 345 g/mol. The van der Waals surface area contributed by atoms with Gasteiger partial charge in [0.05, 0.1) is 3.79 Å². The van der Waals surface area contributed by atoms with Crippen molar-refractivity contribution in [2.45, 2.75) is 29.9 Å². The molecule has 1 N–H and O–H groups in total. The van der Waals surface area contributed by atoms with E-state index in [1.165, 1.54) is 11.3 Å². The van der Waals surface area contributed by atoms with Crippen LogP contribution in [0.2, 0.25) is 0 Å². The normalized spacial score (nSPS) is 14.0. The molecule has 0 saturated carbocycles. The summed E-state index contributed by atoms with van der Waals surface area (Å²) in [6, 6.07) is 1.65. The Labute approximate surface area is 113 Å². The average molecular weight is 347 g/mol. The van der Waals surface area contributed by atoms with Crippen molar-refractivity contribution in [3.8, 4) is 0 Å². The van der Waals surface area contributed by atoms with Crippen molar-refractivity contribution >= 4 is 48.9 Å². The van der Waals surface area contributed by atoms with Crippen molar-refractivity contribution in [1.29, 1.82) is 0 Å². The average Bonchev–Trinajstić information content (AvgIpc) is 2.56. The number of sulfonamides is 1. The lowest BCUT2D eigenvalue weighted by Crippen LogP contribution is -2.29. The van der Waals surface area contributed by atoms with Crippen LogP contribution >= 0.6 is 38.9 Å². The van der Waals surface area contributed by atoms with Gasteiger partial charge in [-0.15, -0.1) is 22.9 Å². The van der Waals surface area contributed by atoms with E-state index in [9.17, 15) is 8.42 Å². The fourth-order valence-corrected chi connectivity index (χ4v) is 4.50. The molecule has 1 unspecified atom stereocenters. The Hall–Kier alpha value is 0.380. The molecule has 1 aromatic heterocycles. The molecule has 0 radical (unpaired) electrons. The molecular formula is C9H13BrClNO2S2. The van der Waals surface area contributed by atoms with Crippen LogP contribution in [0, 0.1) is 6.92 Å². The number of aryl methyl sites for hydroxylation is 1. The zero-order valence-corrected chi connectivity index (χ0v) is 12.9. The Morgan fingerprint density at radius 1 is 1.62 bits per heavy atom. The van der Waals surface area contributed by atoms with E-state index in [1.807, 2.05) is 13.8 Å². The van der Waals surface area contributed by atoms with Gasteiger partial charge in [0.25, 0.3) is 0 Å². The Kier molecular flexibility index (Phi) is 5.25. The molecule has 0 amide bonds. The Morgan fingerprint density at radius 2 is 2.25 bits per heavy atom. The first kappa shape index (κ1) is 14.4. The van der Waals surface area contributed by atoms with Crippen LogP contribution in [0.1, 0.15) is 18.9 Å². The van der Waals surface area contributed by atoms with Crippen LogP contribution in [0.4, 0.5) is 0 Å². The molecule has 0 aliphatic carbocycles. The highest BCUT2D eigenvalue weighted by atomic mass is 79.9. The molecule has 0 fully saturated rings. The summed E-state index contributed by atoms with van der Waals surface area (Å²) in [5.41, 5.74) is 0.920. The predicted octanol–water partition coefficient (Wildman–Crippen LogP) is 3.11. The molecule has 0 aliphatic rings. The van der Waals surface area contributed by atoms with Gasteiger partial charge in [-0.3, -0.25) is 0 Å². The molecule has 92 valence electrons. The highest BCUT2D eigenvalue weighted by Gasteiger charge is 2.18. The maximum atomic E-state index is 11.8. The number of thiophene rings is 1. The van der Waals surface area contributed by atoms with E-state index in [0.29, 0.717) is 4.21 Å². The zero-order valence-electron chi connectivity index (χ0n) is 8.96. The van der Waals surface area contributed by atoms with Crippen molar-refractivity contribution in [2.24, 2.45) is 0 Å². The Balaban J connectivity index is 2.78. The van der Waals surface area contributed by atoms with Gasteiger partial charge in [-0.25, -0.2) is 13.1 Å². The third kappa shape index (κ3) is 3.70. The molecule has 1 rings (SSSR count). The van der Waals surface area contributed by atoms with E-state index < -0.39 is 10.0 Å². The molecule has 0 bridgehead atoms. The zero-order chi connectivity index (χ0) is 12.3. The number of hydrogen-bond acceptors (Lipinski definition) is 3. The van der Waals surface area contributed by atoms with Crippen molar-refractivity contribution in [3.63, 3.8) is 0 Å². The summed E-state index contributed by atoms with van der Waals surface area (Å²) in [5, 5.41) is -0.167. The lowest BCUT2D eigenvalue weighted by atomic mass is 10.3. The van der Waals surface area contributed by atoms with Gasteiger partial charge in [-0.05, 0) is 40.9 Å². The summed E-state index contributed by atoms with van der Waals surface area (Å²) in [7, 11) is -3.41. The van der Waals surface area contributed by atoms with E-state index in [2.05, 4.69) is 20.7 Å². The second-order valence-electron chi connectivity index (χ2n) is 3.38. The van der Waals surface area contributed by atoms with E-state index in [1.54, 1.807) is 6.07 Å². The van der Waals surface area contributed by atoms with Gasteiger partial charge in [0.1, 0.15) is 4.21 Å². The third-order valence-corrected chi connectivity index (χ3v) is 6.53. The minimum Gasteiger partial charge on any atom is -0.209 e. The van der Waals surface area contributed by atoms with Gasteiger partial charge in [0.2, 0.25) is 10.0 Å². The third-order valence-electron chi connectivity index (χ3n) is 2.04. The van der Waals surface area contributed by atoms with Crippen molar-refractivity contribution in [3.05, 3.63) is 15.4 Å². The van der Waals surface area contributed by atoms with Crippen LogP contribution in [0.15, 0.2) is 14.1 Å². The summed E-state index contributed by atoms with van der Waals surface area (Å²) in [6.45, 7) is 4.03. The fourth-order valence-electron chi connectivity index (χ4n) is 0.980. The summed E-state index contributed by atoms with van der Waals surface area (Å²) >= 11 is 10.4. The summed E-state index contributed by atoms with van der Waals surface area (Å²) < 4.78 is 27.3. The number of rotatable bonds is 5. The van der Waals surface area contributed by atoms with Gasteiger partial charge < -0.3 is 0 Å². The molecule has 16 heavy (non-hydrogen) atoms. The molecule has 0 aromatic carbocycles. The largest absolute Gasteiger partial charge is 0.250 e. The minimum atomic E-state index is -3.41. The molecule has 0 saturated heterocycles. The van der Waals surface area contributed by atoms with E-state index >= 15 is 0 Å². The van der Waals surface area contributed by atoms with Crippen molar-refractivity contribution in [2.75, 3.05) is 6.54 Å². The first-order valence-electron chi connectivity index (χ1n) is 4.76. The van der Waals surface area contributed by atoms with Gasteiger partial charge in [-0.2, -0.15) is 0 Å². The molecule has 3 nitrogen and oxygen atoms in total. The molecular weight excluding hydrogens is 334 g/mol. The first-order chi connectivity index (χ1) is 7.36. The minimum absolute atomic E-state index is 0.167. The number of nitrogens with one attached hydrogen (secondary N) is 1. The Bertz CT molecular complexity index is 439. The maximum Gasteiger partial charge on any atom is 0.250 e. The molecule has 1 atom stereocenters. The van der Waals surface area contributed by atoms with Gasteiger partial charge in [-0.1, -0.05) is 6.92 Å². The van der Waals surface area contributed by atoms with Crippen LogP contribution in [0.25, 0.3) is 0 Å². The quantitative estimate of drug-likeness (QED) is 0.833. The molecule has 1 aromatic rings. The number of hydrogen-bond donors (Lipinski definition) is 1. The highest BCUT2D eigenvalue weighted by molar-refractivity contribution is 9.11. The summed E-state index contributed by atoms with van der Waals surface area (Å²) in [4.78, 5) is 0. The second kappa shape index (κ2) is 5.82. The number of halogens is 2. The van der Waals surface area contributed by atoms with Crippen molar-refractivity contribution in [1.82, 2.24) is 4.72 Å². The molecule has 0 aliphatic heterocycles. The second-order valence-corrected chi connectivity index (χ2v) is 8.36. The predicted molar refractivity (Wildman–Crippen MR) is 71.9 cm³/mol. The van der Waals surface area contributed by atoms with Gasteiger partial charge in [0.15, 0.2) is 0 Å². The van der Waals surface area contributed by atoms with Gasteiger partial charge in [0, 0.05) is 11.9 Å². The van der Waals surface area contributed by atoms with E-state index in [4.69, 9.17) is 11.6 Å². The lowest BCUT2D eigenvalue weighted by Gasteiger charge is -2.07. The topological polar surface area (TPSA) is 46.2 Å². The number of alkyl halides is 1. The maximum absolute atomic E-state index is 11.8. The van der Waals surface area contributed by atoms with E-state index in [-0.39, 0.29) is 11.9 Å². The highest BCUT2D eigenvalue weighted by Crippen LogP contribution is 2.30. The molecule has 7 heteroatoms. The SMILES string of the molecule is CCC(Cl)CNS(=O)(=O)c1cc(C)c(Br)s1. The van der Waals surface area contributed by atoms with Crippen LogP contribution in [0.3, 0.4) is 0 Å². The van der Waals surface area contributed by atoms with E-state index in [0.717, 1.165) is 15.8 Å². The molecule has 0 spiro atoms. The van der Waals surface area contributed by atoms with Crippen molar-refractivity contribution < 1.29 is 8.42 Å². The Morgan fingerprint density at radius 3 is 2.69 bits per heavy atom. The summed E-state index contributed by atoms with van der Waals surface area (Å²) in [6.07, 6.45) is 0.733. The first-order valence-corrected chi connectivity index (χ1v) is 8.29. The fraction of sp³-hybridized carbons (Fsp3) is 0.556. The standard InChI is InChI=1S/C9H13BrClNO2S2/c1-3-7(11)5-12-16(13,14)8-4-6(2)9(10)15-8/h4,7,12H,3,5H2,1-2H3. The smallest absolute Gasteiger partial charge is 0.209 e. The van der Waals surface area contributed by atoms with Crippen LogP contribution in [-0.2, 0) is 10.0 Å². The van der Waals surface area contributed by atoms with Crippen LogP contribution in [0.5, 0.6) is 0 Å². The van der Waals surface area contributed by atoms with Gasteiger partial charge >= 0.3 is 0 Å². The molecule has 1 heterocycles.